The topological polar surface area (TPSA) is 63.2 Å². The van der Waals surface area contributed by atoms with Gasteiger partial charge in [-0.2, -0.15) is 0 Å². The van der Waals surface area contributed by atoms with Crippen LogP contribution in [-0.4, -0.2) is 0 Å². The first-order valence-electron chi connectivity index (χ1n) is 3.10. The van der Waals surface area contributed by atoms with E-state index < -0.39 is 7.60 Å². The van der Waals surface area contributed by atoms with Gasteiger partial charge in [0.15, 0.2) is 0 Å². The van der Waals surface area contributed by atoms with Gasteiger partial charge in [-0.05, 0) is 25.4 Å². The first-order valence-corrected chi connectivity index (χ1v) is 4.64. The van der Waals surface area contributed by atoms with E-state index in [0.29, 0.717) is 5.56 Å². The summed E-state index contributed by atoms with van der Waals surface area (Å²) in [5, 5.41) is -0.111. The molecule has 0 bridgehead atoms. The molecule has 0 radical (unpaired) electrons. The Hall–Kier alpha value is 1.37. The van der Waals surface area contributed by atoms with E-state index in [-0.39, 0.29) is 64.4 Å². The second kappa shape index (κ2) is 6.78. The Morgan fingerprint density at radius 2 is 1.62 bits per heavy atom. The Balaban J connectivity index is 0. The van der Waals surface area contributed by atoms with Crippen LogP contribution in [0.25, 0.3) is 0 Å². The SMILES string of the molecule is Cc1ccccc1P(=O)([O-])[O-].[Na+].[Na+]. The van der Waals surface area contributed by atoms with Crippen LogP contribution in [0.15, 0.2) is 24.3 Å². The Kier molecular flexibility index (Phi) is 8.76. The van der Waals surface area contributed by atoms with Gasteiger partial charge in [0.2, 0.25) is 0 Å². The third-order valence-electron chi connectivity index (χ3n) is 1.41. The van der Waals surface area contributed by atoms with Crippen LogP contribution in [0.2, 0.25) is 0 Å². The minimum Gasteiger partial charge on any atom is -0.807 e. The Morgan fingerprint density at radius 3 is 1.92 bits per heavy atom. The van der Waals surface area contributed by atoms with Crippen LogP contribution in [0.4, 0.5) is 0 Å². The van der Waals surface area contributed by atoms with Gasteiger partial charge in [-0.25, -0.2) is 0 Å². The van der Waals surface area contributed by atoms with Crippen molar-refractivity contribution in [2.75, 3.05) is 0 Å². The molecular formula is C7H7Na2O3P. The maximum absolute atomic E-state index is 10.5. The monoisotopic (exact) mass is 216 g/mol. The Bertz CT molecular complexity index is 310. The van der Waals surface area contributed by atoms with E-state index in [4.69, 9.17) is 0 Å². The molecule has 1 aromatic carbocycles. The average Bonchev–Trinajstić information content (AvgIpc) is 1.86. The largest absolute Gasteiger partial charge is 1.00 e. The molecule has 0 aromatic heterocycles. The minimum absolute atomic E-state index is 0. The molecule has 0 unspecified atom stereocenters. The molecule has 0 aliphatic rings. The fourth-order valence-electron chi connectivity index (χ4n) is 0.871. The van der Waals surface area contributed by atoms with Crippen LogP contribution in [-0.2, 0) is 4.57 Å². The molecule has 13 heavy (non-hydrogen) atoms. The van der Waals surface area contributed by atoms with Crippen molar-refractivity contribution in [2.24, 2.45) is 0 Å². The fraction of sp³-hybridized carbons (Fsp3) is 0.143. The second-order valence-electron chi connectivity index (χ2n) is 2.28. The normalized spacial score (nSPS) is 9.77. The van der Waals surface area contributed by atoms with E-state index in [0.717, 1.165) is 0 Å². The van der Waals surface area contributed by atoms with Gasteiger partial charge >= 0.3 is 59.1 Å². The van der Waals surface area contributed by atoms with Gasteiger partial charge < -0.3 is 14.4 Å². The summed E-state index contributed by atoms with van der Waals surface area (Å²) in [6.07, 6.45) is 0. The fourth-order valence-corrected chi connectivity index (χ4v) is 1.65. The van der Waals surface area contributed by atoms with Gasteiger partial charge in [-0.1, -0.05) is 24.3 Å². The molecule has 6 heteroatoms. The number of benzene rings is 1. The van der Waals surface area contributed by atoms with Crippen molar-refractivity contribution in [3.63, 3.8) is 0 Å². The van der Waals surface area contributed by atoms with Crippen LogP contribution in [0, 0.1) is 6.92 Å². The summed E-state index contributed by atoms with van der Waals surface area (Å²) in [5.74, 6) is 0. The molecule has 0 saturated carbocycles. The van der Waals surface area contributed by atoms with E-state index in [1.807, 2.05) is 0 Å². The minimum atomic E-state index is -4.56. The first kappa shape index (κ1) is 16.8. The maximum Gasteiger partial charge on any atom is 1.00 e. The van der Waals surface area contributed by atoms with Crippen LogP contribution >= 0.6 is 7.60 Å². The van der Waals surface area contributed by atoms with Crippen molar-refractivity contribution in [1.29, 1.82) is 0 Å². The molecule has 0 aliphatic carbocycles. The molecule has 0 saturated heterocycles. The molecule has 1 aromatic rings. The third kappa shape index (κ3) is 5.12. The molecule has 0 aliphatic heterocycles. The van der Waals surface area contributed by atoms with Gasteiger partial charge in [-0.3, -0.25) is 0 Å². The summed E-state index contributed by atoms with van der Waals surface area (Å²) >= 11 is 0. The third-order valence-corrected chi connectivity index (χ3v) is 2.50. The summed E-state index contributed by atoms with van der Waals surface area (Å²) in [6.45, 7) is 1.60. The average molecular weight is 216 g/mol. The van der Waals surface area contributed by atoms with Gasteiger partial charge in [0, 0.05) is 0 Å². The Labute approximate surface area is 122 Å². The summed E-state index contributed by atoms with van der Waals surface area (Å²) in [4.78, 5) is 21.1. The molecule has 0 amide bonds. The zero-order chi connectivity index (χ0) is 8.48. The van der Waals surface area contributed by atoms with Gasteiger partial charge in [0.1, 0.15) is 0 Å². The quantitative estimate of drug-likeness (QED) is 0.346. The summed E-state index contributed by atoms with van der Waals surface area (Å²) in [5.41, 5.74) is 0.501. The maximum atomic E-state index is 10.5. The predicted molar refractivity (Wildman–Crippen MR) is 38.4 cm³/mol. The number of hydrogen-bond donors (Lipinski definition) is 0. The van der Waals surface area contributed by atoms with Crippen molar-refractivity contribution in [2.45, 2.75) is 6.92 Å². The summed E-state index contributed by atoms with van der Waals surface area (Å²) in [7, 11) is -4.56. The van der Waals surface area contributed by atoms with Crippen LogP contribution in [0.5, 0.6) is 0 Å². The predicted octanol–water partition coefficient (Wildman–Crippen LogP) is -6.46. The number of aryl methyl sites for hydroxylation is 1. The van der Waals surface area contributed by atoms with Crippen molar-refractivity contribution in [3.8, 4) is 0 Å². The van der Waals surface area contributed by atoms with Gasteiger partial charge in [0.05, 0.1) is 0 Å². The zero-order valence-electron chi connectivity index (χ0n) is 7.98. The van der Waals surface area contributed by atoms with Crippen LogP contribution in [0.1, 0.15) is 5.56 Å². The van der Waals surface area contributed by atoms with E-state index in [1.54, 1.807) is 19.1 Å². The van der Waals surface area contributed by atoms with E-state index >= 15 is 0 Å². The molecule has 0 N–H and O–H groups in total. The van der Waals surface area contributed by atoms with Crippen molar-refractivity contribution < 1.29 is 73.5 Å². The molecule has 0 fully saturated rings. The molecule has 0 atom stereocenters. The molecule has 0 spiro atoms. The molecule has 60 valence electrons. The molecular weight excluding hydrogens is 209 g/mol. The Morgan fingerprint density at radius 1 is 1.15 bits per heavy atom. The second-order valence-corrected chi connectivity index (χ2v) is 3.76. The molecule has 0 heterocycles. The number of rotatable bonds is 1. The molecule has 1 rings (SSSR count). The van der Waals surface area contributed by atoms with E-state index in [1.165, 1.54) is 12.1 Å². The number of hydrogen-bond acceptors (Lipinski definition) is 3. The smallest absolute Gasteiger partial charge is 0.807 e. The van der Waals surface area contributed by atoms with E-state index in [9.17, 15) is 14.4 Å². The van der Waals surface area contributed by atoms with E-state index in [2.05, 4.69) is 0 Å². The van der Waals surface area contributed by atoms with Crippen molar-refractivity contribution >= 4 is 12.9 Å². The van der Waals surface area contributed by atoms with Crippen molar-refractivity contribution in [3.05, 3.63) is 29.8 Å². The summed E-state index contributed by atoms with van der Waals surface area (Å²) in [6, 6.07) is 6.13. The zero-order valence-corrected chi connectivity index (χ0v) is 12.9. The van der Waals surface area contributed by atoms with Crippen LogP contribution in [0.3, 0.4) is 0 Å². The summed E-state index contributed by atoms with van der Waals surface area (Å²) < 4.78 is 10.5. The standard InChI is InChI=1S/C7H9O3P.2Na/c1-6-4-2-3-5-7(6)11(8,9)10;;/h2-5H,1H3,(H2,8,9,10);;/q;2*+1/p-2. The van der Waals surface area contributed by atoms with Crippen molar-refractivity contribution in [1.82, 2.24) is 0 Å². The van der Waals surface area contributed by atoms with Gasteiger partial charge in [-0.15, -0.1) is 0 Å². The van der Waals surface area contributed by atoms with Crippen LogP contribution < -0.4 is 74.2 Å². The first-order chi connectivity index (χ1) is 5.02. The van der Waals surface area contributed by atoms with Gasteiger partial charge in [0.25, 0.3) is 0 Å². The molecule has 3 nitrogen and oxygen atoms in total.